The molecule has 246 valence electrons. The first-order chi connectivity index (χ1) is 21.8. The number of esters is 4. The summed E-state index contributed by atoms with van der Waals surface area (Å²) in [5, 5.41) is 5.69. The van der Waals surface area contributed by atoms with Crippen molar-refractivity contribution >= 4 is 35.7 Å². The molecule has 0 aromatic heterocycles. The summed E-state index contributed by atoms with van der Waals surface area (Å²) < 4.78 is 27.3. The quantitative estimate of drug-likeness (QED) is 0.305. The molecule has 0 spiro atoms. The highest BCUT2D eigenvalue weighted by Gasteiger charge is 2.52. The van der Waals surface area contributed by atoms with Gasteiger partial charge in [-0.15, -0.1) is 0 Å². The van der Waals surface area contributed by atoms with Gasteiger partial charge in [-0.1, -0.05) is 36.4 Å². The Morgan fingerprint density at radius 2 is 1.28 bits per heavy atom. The molecule has 2 aromatic rings. The molecule has 0 radical (unpaired) electrons. The lowest BCUT2D eigenvalue weighted by Crippen LogP contribution is -2.66. The molecule has 1 aliphatic heterocycles. The average molecular weight is 639 g/mol. The Morgan fingerprint density at radius 3 is 1.87 bits per heavy atom. The molecule has 2 aromatic carbocycles. The Labute approximate surface area is 266 Å². The van der Waals surface area contributed by atoms with Gasteiger partial charge in [-0.05, 0) is 41.7 Å². The zero-order valence-corrected chi connectivity index (χ0v) is 26.3. The van der Waals surface area contributed by atoms with Crippen LogP contribution in [0.2, 0.25) is 0 Å². The maximum Gasteiger partial charge on any atom is 0.303 e. The topological polar surface area (TPSA) is 173 Å². The van der Waals surface area contributed by atoms with Crippen LogP contribution in [0.3, 0.4) is 0 Å². The smallest absolute Gasteiger partial charge is 0.303 e. The molecule has 5 unspecified atom stereocenters. The molecular weight excluding hydrogens is 600 g/mol. The van der Waals surface area contributed by atoms with Crippen molar-refractivity contribution in [3.05, 3.63) is 70.8 Å². The fraction of sp³-hybridized carbons (Fsp3) is 0.455. The molecule has 1 fully saturated rings. The van der Waals surface area contributed by atoms with Crippen molar-refractivity contribution in [2.24, 2.45) is 0 Å². The molecule has 4 rings (SSSR count). The van der Waals surface area contributed by atoms with Gasteiger partial charge in [0.05, 0.1) is 6.04 Å². The summed E-state index contributed by atoms with van der Waals surface area (Å²) in [6, 6.07) is 14.9. The SMILES string of the molecule is CC(=O)N[C@@H]1CC[C@H](c2ccc(C(=O)NC3OC(COC(C)=O)C(OC(C)=O)C(OC(C)=O)C3OC(C)=O)cc2)c2ccccc21. The minimum atomic E-state index is -1.42. The van der Waals surface area contributed by atoms with E-state index in [1.54, 1.807) is 12.1 Å². The Hall–Kier alpha value is -4.78. The molecule has 46 heavy (non-hydrogen) atoms. The van der Waals surface area contributed by atoms with Crippen LogP contribution in [0.1, 0.15) is 86.5 Å². The Morgan fingerprint density at radius 1 is 0.696 bits per heavy atom. The summed E-state index contributed by atoms with van der Waals surface area (Å²) >= 11 is 0. The Kier molecular flexibility index (Phi) is 11.1. The third kappa shape index (κ3) is 8.47. The van der Waals surface area contributed by atoms with Crippen LogP contribution in [0.4, 0.5) is 0 Å². The van der Waals surface area contributed by atoms with Crippen molar-refractivity contribution in [2.75, 3.05) is 6.61 Å². The standard InChI is InChI=1S/C33H38N2O11/c1-17(36)34-27-15-14-24(25-8-6-7-9-26(25)27)22-10-12-23(13-11-22)32(41)35-33-31(45-21(5)40)30(44-20(4)39)29(43-19(3)38)28(46-33)16-42-18(2)37/h6-13,24,27-31,33H,14-16H2,1-5H3,(H,34,36)(H,35,41)/t24-,27-,28?,29?,30?,31?,33?/m1/s1. The van der Waals surface area contributed by atoms with E-state index in [1.165, 1.54) is 13.8 Å². The van der Waals surface area contributed by atoms with Crippen LogP contribution in [0.5, 0.6) is 0 Å². The molecule has 2 amide bonds. The molecule has 1 aliphatic carbocycles. The lowest BCUT2D eigenvalue weighted by atomic mass is 9.76. The number of carbonyl (C=O) groups is 6. The second-order valence-electron chi connectivity index (χ2n) is 11.2. The molecule has 1 heterocycles. The molecule has 0 bridgehead atoms. The number of amides is 2. The van der Waals surface area contributed by atoms with Crippen molar-refractivity contribution in [1.29, 1.82) is 0 Å². The second kappa shape index (κ2) is 15.0. The maximum atomic E-state index is 13.5. The number of fused-ring (bicyclic) bond motifs is 1. The predicted octanol–water partition coefficient (Wildman–Crippen LogP) is 2.60. The van der Waals surface area contributed by atoms with E-state index in [0.29, 0.717) is 0 Å². The lowest BCUT2D eigenvalue weighted by Gasteiger charge is -2.44. The summed E-state index contributed by atoms with van der Waals surface area (Å²) in [5.74, 6) is -3.59. The Bertz CT molecular complexity index is 1470. The molecule has 2 N–H and O–H groups in total. The highest BCUT2D eigenvalue weighted by atomic mass is 16.7. The summed E-state index contributed by atoms with van der Waals surface area (Å²) in [6.07, 6.45) is -5.18. The van der Waals surface area contributed by atoms with Crippen LogP contribution >= 0.6 is 0 Å². The third-order valence-corrected chi connectivity index (χ3v) is 7.71. The van der Waals surface area contributed by atoms with Crippen LogP contribution in [-0.2, 0) is 47.7 Å². The molecular formula is C33H38N2O11. The fourth-order valence-corrected chi connectivity index (χ4v) is 5.96. The zero-order chi connectivity index (χ0) is 33.5. The van der Waals surface area contributed by atoms with E-state index in [1.807, 2.05) is 36.4 Å². The monoisotopic (exact) mass is 638 g/mol. The molecule has 0 saturated carbocycles. The van der Waals surface area contributed by atoms with Crippen molar-refractivity contribution in [3.8, 4) is 0 Å². The second-order valence-corrected chi connectivity index (χ2v) is 11.2. The number of benzene rings is 2. The molecule has 2 aliphatic rings. The highest BCUT2D eigenvalue weighted by Crippen LogP contribution is 2.41. The van der Waals surface area contributed by atoms with Gasteiger partial charge in [-0.25, -0.2) is 0 Å². The first-order valence-corrected chi connectivity index (χ1v) is 14.9. The van der Waals surface area contributed by atoms with E-state index < -0.39 is 67.0 Å². The van der Waals surface area contributed by atoms with E-state index >= 15 is 0 Å². The number of ether oxygens (including phenoxy) is 5. The van der Waals surface area contributed by atoms with Crippen molar-refractivity contribution < 1.29 is 52.5 Å². The number of hydrogen-bond acceptors (Lipinski definition) is 11. The number of carbonyl (C=O) groups excluding carboxylic acids is 6. The Balaban J connectivity index is 1.58. The summed E-state index contributed by atoms with van der Waals surface area (Å²) in [5.41, 5.74) is 3.40. The van der Waals surface area contributed by atoms with E-state index in [2.05, 4.69) is 10.6 Å². The summed E-state index contributed by atoms with van der Waals surface area (Å²) in [4.78, 5) is 72.9. The van der Waals surface area contributed by atoms with Gasteiger partial charge in [0.2, 0.25) is 5.91 Å². The van der Waals surface area contributed by atoms with Crippen LogP contribution in [0, 0.1) is 0 Å². The van der Waals surface area contributed by atoms with Gasteiger partial charge in [0, 0.05) is 46.1 Å². The first-order valence-electron chi connectivity index (χ1n) is 14.9. The number of rotatable bonds is 9. The first kappa shape index (κ1) is 34.1. The molecule has 1 saturated heterocycles. The molecule has 13 nitrogen and oxygen atoms in total. The third-order valence-electron chi connectivity index (χ3n) is 7.71. The normalized spacial score (nSPS) is 25.2. The van der Waals surface area contributed by atoms with Gasteiger partial charge < -0.3 is 34.3 Å². The van der Waals surface area contributed by atoms with Crippen molar-refractivity contribution in [2.45, 2.75) is 90.1 Å². The van der Waals surface area contributed by atoms with Crippen LogP contribution in [0.25, 0.3) is 0 Å². The summed E-state index contributed by atoms with van der Waals surface area (Å²) in [7, 11) is 0. The van der Waals surface area contributed by atoms with Gasteiger partial charge in [0.25, 0.3) is 5.91 Å². The van der Waals surface area contributed by atoms with E-state index in [0.717, 1.165) is 50.3 Å². The predicted molar refractivity (Wildman–Crippen MR) is 160 cm³/mol. The fourth-order valence-electron chi connectivity index (χ4n) is 5.96. The number of hydrogen-bond donors (Lipinski definition) is 2. The van der Waals surface area contributed by atoms with Crippen molar-refractivity contribution in [3.63, 3.8) is 0 Å². The van der Waals surface area contributed by atoms with Gasteiger partial charge in [-0.2, -0.15) is 0 Å². The van der Waals surface area contributed by atoms with Gasteiger partial charge in [0.1, 0.15) is 12.7 Å². The van der Waals surface area contributed by atoms with E-state index in [9.17, 15) is 28.8 Å². The average Bonchev–Trinajstić information content (AvgIpc) is 2.98. The van der Waals surface area contributed by atoms with Gasteiger partial charge in [-0.3, -0.25) is 28.8 Å². The molecule has 7 atom stereocenters. The molecule has 13 heteroatoms. The van der Waals surface area contributed by atoms with E-state index in [-0.39, 0.29) is 23.4 Å². The maximum absolute atomic E-state index is 13.5. The van der Waals surface area contributed by atoms with Crippen LogP contribution < -0.4 is 10.6 Å². The zero-order valence-electron chi connectivity index (χ0n) is 26.3. The van der Waals surface area contributed by atoms with Crippen LogP contribution in [-0.4, -0.2) is 72.9 Å². The largest absolute Gasteiger partial charge is 0.463 e. The van der Waals surface area contributed by atoms with E-state index in [4.69, 9.17) is 23.7 Å². The van der Waals surface area contributed by atoms with Crippen molar-refractivity contribution in [1.82, 2.24) is 10.6 Å². The van der Waals surface area contributed by atoms with Gasteiger partial charge >= 0.3 is 23.9 Å². The highest BCUT2D eigenvalue weighted by molar-refractivity contribution is 5.94. The number of nitrogens with one attached hydrogen (secondary N) is 2. The summed E-state index contributed by atoms with van der Waals surface area (Å²) in [6.45, 7) is 5.62. The minimum absolute atomic E-state index is 0.0538. The minimum Gasteiger partial charge on any atom is -0.463 e. The van der Waals surface area contributed by atoms with Gasteiger partial charge in [0.15, 0.2) is 24.5 Å². The lowest BCUT2D eigenvalue weighted by molar-refractivity contribution is -0.255. The van der Waals surface area contributed by atoms with Crippen LogP contribution in [0.15, 0.2) is 48.5 Å².